The van der Waals surface area contributed by atoms with Gasteiger partial charge in [0.25, 0.3) is 0 Å². The highest BCUT2D eigenvalue weighted by Gasteiger charge is 2.54. The Morgan fingerprint density at radius 3 is 2.57 bits per heavy atom. The van der Waals surface area contributed by atoms with Gasteiger partial charge in [-0.25, -0.2) is 9.69 Å². The number of carbonyl (C=O) groups is 2. The summed E-state index contributed by atoms with van der Waals surface area (Å²) in [6, 6.07) is 5.57. The third kappa shape index (κ3) is 2.78. The van der Waals surface area contributed by atoms with Crippen LogP contribution in [0.1, 0.15) is 39.2 Å². The predicted molar refractivity (Wildman–Crippen MR) is 89.6 cm³/mol. The lowest BCUT2D eigenvalue weighted by molar-refractivity contribution is -0.126. The molecule has 0 saturated carbocycles. The minimum absolute atomic E-state index is 0.205. The van der Waals surface area contributed by atoms with Gasteiger partial charge >= 0.3 is 6.09 Å². The van der Waals surface area contributed by atoms with Gasteiger partial charge in [-0.3, -0.25) is 4.79 Å². The molecule has 23 heavy (non-hydrogen) atoms. The van der Waals surface area contributed by atoms with E-state index in [1.165, 1.54) is 4.90 Å². The van der Waals surface area contributed by atoms with Crippen molar-refractivity contribution in [3.8, 4) is 0 Å². The molecule has 2 heterocycles. The van der Waals surface area contributed by atoms with Crippen LogP contribution >= 0.6 is 15.9 Å². The van der Waals surface area contributed by atoms with E-state index in [4.69, 9.17) is 9.47 Å². The molecule has 0 bridgehead atoms. The Hall–Kier alpha value is -1.40. The fraction of sp³-hybridized carbons (Fsp3) is 0.529. The first-order chi connectivity index (χ1) is 10.7. The predicted octanol–water partition coefficient (Wildman–Crippen LogP) is 3.78. The zero-order valence-corrected chi connectivity index (χ0v) is 15.1. The van der Waals surface area contributed by atoms with E-state index < -0.39 is 17.1 Å². The summed E-state index contributed by atoms with van der Waals surface area (Å²) < 4.78 is 11.8. The van der Waals surface area contributed by atoms with E-state index in [2.05, 4.69) is 15.9 Å². The SMILES string of the molecule is CC(C)(C)OC(=O)N1C(=O)C2(CCOCC2)c2cc(Br)ccc21. The molecule has 124 valence electrons. The summed E-state index contributed by atoms with van der Waals surface area (Å²) in [5.41, 5.74) is 0.160. The highest BCUT2D eigenvalue weighted by Crippen LogP contribution is 2.48. The van der Waals surface area contributed by atoms with Gasteiger partial charge in [0.1, 0.15) is 5.60 Å². The van der Waals surface area contributed by atoms with Gasteiger partial charge in [0.2, 0.25) is 5.91 Å². The average molecular weight is 382 g/mol. The largest absolute Gasteiger partial charge is 0.443 e. The smallest absolute Gasteiger partial charge is 0.421 e. The second-order valence-electron chi connectivity index (χ2n) is 6.98. The number of halogens is 1. The standard InChI is InChI=1S/C17H20BrNO4/c1-16(2,3)23-15(21)19-13-5-4-11(18)10-12(13)17(14(19)20)6-8-22-9-7-17/h4-5,10H,6-9H2,1-3H3. The molecule has 0 N–H and O–H groups in total. The fourth-order valence-corrected chi connectivity index (χ4v) is 3.58. The highest BCUT2D eigenvalue weighted by molar-refractivity contribution is 9.10. The zero-order chi connectivity index (χ0) is 16.8. The van der Waals surface area contributed by atoms with Crippen molar-refractivity contribution in [1.29, 1.82) is 0 Å². The summed E-state index contributed by atoms with van der Waals surface area (Å²) in [5.74, 6) is -0.205. The first-order valence-corrected chi connectivity index (χ1v) is 8.49. The molecule has 1 fully saturated rings. The lowest BCUT2D eigenvalue weighted by Crippen LogP contribution is -2.47. The molecule has 3 rings (SSSR count). The van der Waals surface area contributed by atoms with Crippen LogP contribution in [0.25, 0.3) is 0 Å². The van der Waals surface area contributed by atoms with Gasteiger partial charge in [-0.15, -0.1) is 0 Å². The van der Waals surface area contributed by atoms with Gasteiger partial charge in [-0.2, -0.15) is 0 Å². The fourth-order valence-electron chi connectivity index (χ4n) is 3.22. The number of fused-ring (bicyclic) bond motifs is 2. The number of imide groups is 1. The molecule has 1 aromatic carbocycles. The van der Waals surface area contributed by atoms with E-state index in [1.807, 2.05) is 12.1 Å². The third-order valence-electron chi connectivity index (χ3n) is 4.25. The third-order valence-corrected chi connectivity index (χ3v) is 4.74. The maximum Gasteiger partial charge on any atom is 0.421 e. The summed E-state index contributed by atoms with van der Waals surface area (Å²) in [4.78, 5) is 26.9. The Bertz CT molecular complexity index is 659. The first-order valence-electron chi connectivity index (χ1n) is 7.70. The van der Waals surface area contributed by atoms with Crippen LogP contribution in [0.2, 0.25) is 0 Å². The van der Waals surface area contributed by atoms with Gasteiger partial charge in [-0.1, -0.05) is 15.9 Å². The number of hydrogen-bond acceptors (Lipinski definition) is 4. The highest BCUT2D eigenvalue weighted by atomic mass is 79.9. The average Bonchev–Trinajstić information content (AvgIpc) is 2.68. The number of nitrogens with zero attached hydrogens (tertiary/aromatic N) is 1. The van der Waals surface area contributed by atoms with Gasteiger partial charge in [-0.05, 0) is 57.4 Å². The monoisotopic (exact) mass is 381 g/mol. The van der Waals surface area contributed by atoms with Crippen molar-refractivity contribution in [2.24, 2.45) is 0 Å². The molecule has 0 radical (unpaired) electrons. The molecule has 0 unspecified atom stereocenters. The van der Waals surface area contributed by atoms with E-state index in [0.717, 1.165) is 10.0 Å². The maximum absolute atomic E-state index is 13.1. The van der Waals surface area contributed by atoms with Gasteiger partial charge in [0, 0.05) is 17.7 Å². The second kappa shape index (κ2) is 5.60. The summed E-state index contributed by atoms with van der Waals surface area (Å²) in [6.45, 7) is 6.40. The van der Waals surface area contributed by atoms with Crippen molar-refractivity contribution in [1.82, 2.24) is 0 Å². The van der Waals surface area contributed by atoms with Crippen molar-refractivity contribution >= 4 is 33.6 Å². The van der Waals surface area contributed by atoms with Gasteiger partial charge in [0.05, 0.1) is 11.1 Å². The van der Waals surface area contributed by atoms with Crippen molar-refractivity contribution < 1.29 is 19.1 Å². The Kier molecular flexibility index (Phi) is 4.01. The van der Waals surface area contributed by atoms with Crippen molar-refractivity contribution in [2.45, 2.75) is 44.6 Å². The molecule has 0 atom stereocenters. The summed E-state index contributed by atoms with van der Waals surface area (Å²) in [7, 11) is 0. The van der Waals surface area contributed by atoms with Gasteiger partial charge < -0.3 is 9.47 Å². The summed E-state index contributed by atoms with van der Waals surface area (Å²) in [6.07, 6.45) is 0.540. The Labute approximate surface area is 144 Å². The van der Waals surface area contributed by atoms with Crippen LogP contribution in [0.15, 0.2) is 22.7 Å². The lowest BCUT2D eigenvalue weighted by atomic mass is 9.75. The topological polar surface area (TPSA) is 55.8 Å². The number of benzene rings is 1. The Morgan fingerprint density at radius 1 is 1.30 bits per heavy atom. The number of rotatable bonds is 0. The van der Waals surface area contributed by atoms with E-state index in [9.17, 15) is 9.59 Å². The quantitative estimate of drug-likeness (QED) is 0.685. The van der Waals surface area contributed by atoms with E-state index in [0.29, 0.717) is 31.7 Å². The molecule has 2 aliphatic heterocycles. The van der Waals surface area contributed by atoms with Crippen LogP contribution in [0, 0.1) is 0 Å². The van der Waals surface area contributed by atoms with Crippen LogP contribution in [0.3, 0.4) is 0 Å². The minimum Gasteiger partial charge on any atom is -0.443 e. The molecular formula is C17H20BrNO4. The van der Waals surface area contributed by atoms with Crippen LogP contribution in [0.4, 0.5) is 10.5 Å². The Balaban J connectivity index is 2.06. The molecule has 0 aliphatic carbocycles. The lowest BCUT2D eigenvalue weighted by Gasteiger charge is -2.32. The van der Waals surface area contributed by atoms with Crippen LogP contribution in [-0.4, -0.2) is 30.8 Å². The molecule has 2 aliphatic rings. The van der Waals surface area contributed by atoms with Crippen molar-refractivity contribution in [3.05, 3.63) is 28.2 Å². The number of amides is 2. The Morgan fingerprint density at radius 2 is 1.96 bits per heavy atom. The molecule has 0 aromatic heterocycles. The van der Waals surface area contributed by atoms with Crippen molar-refractivity contribution in [2.75, 3.05) is 18.1 Å². The maximum atomic E-state index is 13.1. The molecule has 2 amide bonds. The van der Waals surface area contributed by atoms with Gasteiger partial charge in [0.15, 0.2) is 0 Å². The minimum atomic E-state index is -0.686. The number of carbonyl (C=O) groups excluding carboxylic acids is 2. The first kappa shape index (κ1) is 16.5. The molecule has 1 aromatic rings. The number of ether oxygens (including phenoxy) is 2. The van der Waals surface area contributed by atoms with Crippen molar-refractivity contribution in [3.63, 3.8) is 0 Å². The molecular weight excluding hydrogens is 362 g/mol. The number of hydrogen-bond donors (Lipinski definition) is 0. The van der Waals surface area contributed by atoms with Crippen LogP contribution in [-0.2, 0) is 19.7 Å². The summed E-state index contributed by atoms with van der Waals surface area (Å²) in [5, 5.41) is 0. The van der Waals surface area contributed by atoms with E-state index in [1.54, 1.807) is 26.8 Å². The zero-order valence-electron chi connectivity index (χ0n) is 13.5. The second-order valence-corrected chi connectivity index (χ2v) is 7.89. The molecule has 1 saturated heterocycles. The van der Waals surface area contributed by atoms with E-state index >= 15 is 0 Å². The van der Waals surface area contributed by atoms with Crippen LogP contribution in [0.5, 0.6) is 0 Å². The summed E-state index contributed by atoms with van der Waals surface area (Å²) >= 11 is 3.46. The van der Waals surface area contributed by atoms with Crippen LogP contribution < -0.4 is 4.90 Å². The molecule has 6 heteroatoms. The molecule has 5 nitrogen and oxygen atoms in total. The normalized spacial score (nSPS) is 19.8. The van der Waals surface area contributed by atoms with E-state index in [-0.39, 0.29) is 5.91 Å². The molecule has 1 spiro atoms. The number of anilines is 1.